The summed E-state index contributed by atoms with van der Waals surface area (Å²) in [6.07, 6.45) is 11.8. The molecule has 1 rings (SSSR count). The molecule has 0 nitrogen and oxygen atoms in total. The number of hydrogen-bond acceptors (Lipinski definition) is 0. The molecule has 0 aliphatic heterocycles. The van der Waals surface area contributed by atoms with E-state index in [9.17, 15) is 0 Å². The normalized spacial score (nSPS) is 15.0. The molecular formula is C20H30. The predicted molar refractivity (Wildman–Crippen MR) is 93.1 cm³/mol. The lowest BCUT2D eigenvalue weighted by Crippen LogP contribution is -2.22. The Labute approximate surface area is 125 Å². The van der Waals surface area contributed by atoms with Crippen LogP contribution in [-0.4, -0.2) is 0 Å². The van der Waals surface area contributed by atoms with E-state index in [-0.39, 0.29) is 5.41 Å². The zero-order valence-electron chi connectivity index (χ0n) is 14.0. The van der Waals surface area contributed by atoms with Crippen LogP contribution in [0.15, 0.2) is 66.3 Å². The van der Waals surface area contributed by atoms with Gasteiger partial charge < -0.3 is 0 Å². The van der Waals surface area contributed by atoms with Crippen LogP contribution in [0.4, 0.5) is 0 Å². The maximum Gasteiger partial charge on any atom is 0.0168 e. The molecule has 20 heavy (non-hydrogen) atoms. The highest BCUT2D eigenvalue weighted by Gasteiger charge is 2.26. The van der Waals surface area contributed by atoms with Crippen molar-refractivity contribution in [3.05, 3.63) is 71.8 Å². The Hall–Kier alpha value is -1.56. The first-order valence-corrected chi connectivity index (χ1v) is 7.70. The molecule has 0 bridgehead atoms. The number of hydrogen-bond donors (Lipinski definition) is 0. The van der Waals surface area contributed by atoms with Crippen molar-refractivity contribution in [3.8, 4) is 0 Å². The van der Waals surface area contributed by atoms with Crippen LogP contribution in [0.2, 0.25) is 0 Å². The van der Waals surface area contributed by atoms with Gasteiger partial charge in [-0.15, -0.1) is 0 Å². The lowest BCUT2D eigenvalue weighted by molar-refractivity contribution is 0.547. The minimum absolute atomic E-state index is 0.0914. The smallest absolute Gasteiger partial charge is 0.0168 e. The highest BCUT2D eigenvalue weighted by Crippen LogP contribution is 2.35. The SMILES string of the molecule is CC.C\C=C/C=C\C(=C/C)C(C)(CC)c1ccccc1. The van der Waals surface area contributed by atoms with Crippen molar-refractivity contribution in [2.24, 2.45) is 0 Å². The minimum Gasteiger partial charge on any atom is -0.0877 e. The Balaban J connectivity index is 0.00000172. The summed E-state index contributed by atoms with van der Waals surface area (Å²) >= 11 is 0. The molecule has 0 fully saturated rings. The quantitative estimate of drug-likeness (QED) is 0.539. The molecule has 0 heteroatoms. The van der Waals surface area contributed by atoms with Crippen molar-refractivity contribution >= 4 is 0 Å². The molecule has 1 atom stereocenters. The molecule has 0 spiro atoms. The van der Waals surface area contributed by atoms with Crippen LogP contribution in [0.5, 0.6) is 0 Å². The summed E-state index contributed by atoms with van der Waals surface area (Å²) in [7, 11) is 0. The van der Waals surface area contributed by atoms with E-state index in [1.54, 1.807) is 0 Å². The van der Waals surface area contributed by atoms with Gasteiger partial charge in [-0.3, -0.25) is 0 Å². The molecule has 0 saturated carbocycles. The molecule has 0 N–H and O–H groups in total. The first kappa shape index (κ1) is 18.4. The zero-order valence-corrected chi connectivity index (χ0v) is 14.0. The first-order valence-electron chi connectivity index (χ1n) is 7.70. The number of benzene rings is 1. The lowest BCUT2D eigenvalue weighted by Gasteiger charge is -2.30. The molecule has 1 unspecified atom stereocenters. The van der Waals surface area contributed by atoms with Crippen LogP contribution in [0, 0.1) is 0 Å². The predicted octanol–water partition coefficient (Wildman–Crippen LogP) is 6.46. The molecule has 110 valence electrons. The molecule has 0 saturated heterocycles. The fraction of sp³-hybridized carbons (Fsp3) is 0.400. The summed E-state index contributed by atoms with van der Waals surface area (Å²) in [5.74, 6) is 0. The van der Waals surface area contributed by atoms with Crippen molar-refractivity contribution < 1.29 is 0 Å². The second-order valence-electron chi connectivity index (χ2n) is 4.68. The number of allylic oxidation sites excluding steroid dienone is 6. The van der Waals surface area contributed by atoms with Crippen molar-refractivity contribution in [2.75, 3.05) is 0 Å². The Kier molecular flexibility index (Phi) is 9.45. The lowest BCUT2D eigenvalue weighted by atomic mass is 9.73. The largest absolute Gasteiger partial charge is 0.0877 e. The molecular weight excluding hydrogens is 240 g/mol. The Morgan fingerprint density at radius 2 is 1.65 bits per heavy atom. The van der Waals surface area contributed by atoms with E-state index in [1.165, 1.54) is 11.1 Å². The van der Waals surface area contributed by atoms with Crippen molar-refractivity contribution in [1.29, 1.82) is 0 Å². The summed E-state index contributed by atoms with van der Waals surface area (Å²) in [4.78, 5) is 0. The van der Waals surface area contributed by atoms with Crippen LogP contribution >= 0.6 is 0 Å². The summed E-state index contributed by atoms with van der Waals surface area (Å²) in [6.45, 7) is 12.7. The standard InChI is InChI=1S/C18H24.C2H6/c1-5-8-10-13-16(6-2)18(4,7-3)17-14-11-9-12-15-17;1-2/h5-6,8-15H,7H2,1-4H3;1-2H3/b8-5-,13-10-,16-6+;. The van der Waals surface area contributed by atoms with E-state index >= 15 is 0 Å². The third-order valence-electron chi connectivity index (χ3n) is 3.65. The molecule has 0 radical (unpaired) electrons. The van der Waals surface area contributed by atoms with Gasteiger partial charge in [0.2, 0.25) is 0 Å². The van der Waals surface area contributed by atoms with Gasteiger partial charge in [-0.2, -0.15) is 0 Å². The molecule has 0 aliphatic rings. The van der Waals surface area contributed by atoms with E-state index < -0.39 is 0 Å². The van der Waals surface area contributed by atoms with E-state index in [1.807, 2.05) is 20.8 Å². The van der Waals surface area contributed by atoms with Gasteiger partial charge in [0.05, 0.1) is 0 Å². The Morgan fingerprint density at radius 1 is 1.05 bits per heavy atom. The van der Waals surface area contributed by atoms with Gasteiger partial charge in [-0.25, -0.2) is 0 Å². The van der Waals surface area contributed by atoms with Gasteiger partial charge in [0.15, 0.2) is 0 Å². The van der Waals surface area contributed by atoms with Crippen LogP contribution < -0.4 is 0 Å². The second-order valence-corrected chi connectivity index (χ2v) is 4.68. The monoisotopic (exact) mass is 270 g/mol. The van der Waals surface area contributed by atoms with Gasteiger partial charge in [0, 0.05) is 5.41 Å². The average molecular weight is 270 g/mol. The maximum absolute atomic E-state index is 2.32. The van der Waals surface area contributed by atoms with Crippen molar-refractivity contribution in [3.63, 3.8) is 0 Å². The van der Waals surface area contributed by atoms with Gasteiger partial charge in [-0.1, -0.05) is 88.4 Å². The second kappa shape index (κ2) is 10.3. The van der Waals surface area contributed by atoms with Crippen LogP contribution in [0.25, 0.3) is 0 Å². The third kappa shape index (κ3) is 4.85. The van der Waals surface area contributed by atoms with Gasteiger partial charge in [-0.05, 0) is 31.4 Å². The molecule has 0 heterocycles. The van der Waals surface area contributed by atoms with Crippen LogP contribution in [0.1, 0.15) is 53.5 Å². The van der Waals surface area contributed by atoms with Gasteiger partial charge in [0.1, 0.15) is 0 Å². The van der Waals surface area contributed by atoms with E-state index in [0.29, 0.717) is 0 Å². The summed E-state index contributed by atoms with van der Waals surface area (Å²) < 4.78 is 0. The Bertz CT molecular complexity index is 434. The van der Waals surface area contributed by atoms with Gasteiger partial charge >= 0.3 is 0 Å². The topological polar surface area (TPSA) is 0 Å². The van der Waals surface area contributed by atoms with E-state index in [2.05, 4.69) is 81.5 Å². The fourth-order valence-corrected chi connectivity index (χ4v) is 2.25. The summed E-state index contributed by atoms with van der Waals surface area (Å²) in [5.41, 5.74) is 2.84. The van der Waals surface area contributed by atoms with Crippen molar-refractivity contribution in [1.82, 2.24) is 0 Å². The highest BCUT2D eigenvalue weighted by atomic mass is 14.3. The first-order chi connectivity index (χ1) is 9.69. The summed E-state index contributed by atoms with van der Waals surface area (Å²) in [6, 6.07) is 10.7. The third-order valence-corrected chi connectivity index (χ3v) is 3.65. The van der Waals surface area contributed by atoms with E-state index in [4.69, 9.17) is 0 Å². The molecule has 0 aromatic heterocycles. The van der Waals surface area contributed by atoms with Crippen LogP contribution in [-0.2, 0) is 5.41 Å². The zero-order chi connectivity index (χ0) is 15.4. The van der Waals surface area contributed by atoms with Gasteiger partial charge in [0.25, 0.3) is 0 Å². The Morgan fingerprint density at radius 3 is 2.10 bits per heavy atom. The van der Waals surface area contributed by atoms with Crippen LogP contribution in [0.3, 0.4) is 0 Å². The molecule has 1 aromatic rings. The molecule has 1 aromatic carbocycles. The highest BCUT2D eigenvalue weighted by molar-refractivity contribution is 5.41. The van der Waals surface area contributed by atoms with E-state index in [0.717, 1.165) is 6.42 Å². The number of rotatable bonds is 5. The molecule has 0 aliphatic carbocycles. The fourth-order valence-electron chi connectivity index (χ4n) is 2.25. The molecule has 0 amide bonds. The summed E-state index contributed by atoms with van der Waals surface area (Å²) in [5, 5.41) is 0. The minimum atomic E-state index is 0.0914. The van der Waals surface area contributed by atoms with Crippen molar-refractivity contribution in [2.45, 2.75) is 53.4 Å². The average Bonchev–Trinajstić information content (AvgIpc) is 2.53. The maximum atomic E-state index is 2.32.